The van der Waals surface area contributed by atoms with E-state index in [9.17, 15) is 23.1 Å². The molecule has 2 N–H and O–H groups in total. The highest BCUT2D eigenvalue weighted by molar-refractivity contribution is 7.90. The van der Waals surface area contributed by atoms with Crippen LogP contribution in [0.3, 0.4) is 0 Å². The monoisotopic (exact) mass is 682 g/mol. The van der Waals surface area contributed by atoms with Crippen molar-refractivity contribution in [1.82, 2.24) is 24.3 Å². The van der Waals surface area contributed by atoms with E-state index in [0.29, 0.717) is 69.4 Å². The first-order chi connectivity index (χ1) is 23.0. The molecule has 1 amide bonds. The summed E-state index contributed by atoms with van der Waals surface area (Å²) in [7, 11) is -1.20. The summed E-state index contributed by atoms with van der Waals surface area (Å²) >= 11 is 0. The van der Waals surface area contributed by atoms with E-state index in [2.05, 4.69) is 10.3 Å². The molecular weight excluding hydrogens is 636 g/mol. The number of esters is 1. The first-order valence-electron chi connectivity index (χ1n) is 16.9. The van der Waals surface area contributed by atoms with Gasteiger partial charge in [0.2, 0.25) is 11.9 Å². The molecule has 4 heterocycles. The molecule has 1 aliphatic carbocycles. The Bertz CT molecular complexity index is 1700. The van der Waals surface area contributed by atoms with Crippen LogP contribution in [0, 0.1) is 5.92 Å². The van der Waals surface area contributed by atoms with Gasteiger partial charge in [-0.1, -0.05) is 6.07 Å². The van der Waals surface area contributed by atoms with Gasteiger partial charge < -0.3 is 29.4 Å². The standard InChI is InChI=1S/C34H46N6O7S/c1-38-22-25(41)21-29(38)33(43)47-26-12-16-39(17-13-26)32(42)23-7-9-24(10-8-23)36-34-35-15-11-31(37-34)40-18-14-27-28(40)5-3-6-30(27)46-19-4-20-48(2,44)45/h3,5-6,11,14-15,18,23-26,29,41H,4,7-10,12-13,16-17,19-22H2,1-2H3,(H,35,36,37)/t23-,24-,25?,29-/m0/s1. The zero-order valence-electron chi connectivity index (χ0n) is 27.7. The van der Waals surface area contributed by atoms with E-state index in [1.807, 2.05) is 57.9 Å². The molecule has 0 bridgehead atoms. The van der Waals surface area contributed by atoms with E-state index in [1.54, 1.807) is 6.20 Å². The van der Waals surface area contributed by atoms with Crippen molar-refractivity contribution in [2.75, 3.05) is 50.6 Å². The Balaban J connectivity index is 0.975. The molecule has 1 saturated carbocycles. The van der Waals surface area contributed by atoms with E-state index in [1.165, 1.54) is 6.26 Å². The van der Waals surface area contributed by atoms with Crippen LogP contribution in [0.15, 0.2) is 42.7 Å². The van der Waals surface area contributed by atoms with Crippen molar-refractivity contribution >= 4 is 38.6 Å². The highest BCUT2D eigenvalue weighted by Gasteiger charge is 2.37. The number of β-amino-alcohol motifs (C(OH)–C–C–N with tert-alkyl or cyclic N) is 1. The number of rotatable bonds is 11. The van der Waals surface area contributed by atoms with Crippen LogP contribution in [-0.4, -0.2) is 119 Å². The molecule has 3 aromatic rings. The van der Waals surface area contributed by atoms with Crippen molar-refractivity contribution in [3.63, 3.8) is 0 Å². The van der Waals surface area contributed by atoms with Crippen LogP contribution < -0.4 is 10.1 Å². The molecule has 2 atom stereocenters. The quantitative estimate of drug-likeness (QED) is 0.227. The maximum absolute atomic E-state index is 13.4. The molecule has 3 aliphatic rings. The number of benzene rings is 1. The fourth-order valence-corrected chi connectivity index (χ4v) is 7.77. The van der Waals surface area contributed by atoms with Crippen molar-refractivity contribution in [3.05, 3.63) is 42.7 Å². The Morgan fingerprint density at radius 3 is 2.54 bits per heavy atom. The second kappa shape index (κ2) is 14.8. The number of aliphatic hydroxyl groups excluding tert-OH is 1. The lowest BCUT2D eigenvalue weighted by Crippen LogP contribution is -2.46. The van der Waals surface area contributed by atoms with Crippen molar-refractivity contribution in [1.29, 1.82) is 0 Å². The molecule has 13 nitrogen and oxygen atoms in total. The molecular formula is C34H46N6O7S. The highest BCUT2D eigenvalue weighted by atomic mass is 32.2. The molecule has 0 spiro atoms. The number of amides is 1. The van der Waals surface area contributed by atoms with E-state index in [4.69, 9.17) is 14.5 Å². The molecule has 260 valence electrons. The number of hydrogen-bond donors (Lipinski definition) is 2. The van der Waals surface area contributed by atoms with Gasteiger partial charge in [-0.05, 0) is 63.4 Å². The first-order valence-corrected chi connectivity index (χ1v) is 19.0. The first kappa shape index (κ1) is 34.1. The Labute approximate surface area is 281 Å². The smallest absolute Gasteiger partial charge is 0.323 e. The number of aliphatic hydroxyl groups is 1. The zero-order chi connectivity index (χ0) is 33.8. The Kier molecular flexibility index (Phi) is 10.5. The second-order valence-electron chi connectivity index (χ2n) is 13.4. The van der Waals surface area contributed by atoms with Crippen LogP contribution in [0.25, 0.3) is 16.7 Å². The van der Waals surface area contributed by atoms with Crippen LogP contribution in [0.5, 0.6) is 5.75 Å². The minimum atomic E-state index is -3.03. The number of sulfone groups is 1. The maximum Gasteiger partial charge on any atom is 0.323 e. The Morgan fingerprint density at radius 2 is 1.83 bits per heavy atom. The molecule has 1 aromatic carbocycles. The van der Waals surface area contributed by atoms with E-state index < -0.39 is 22.0 Å². The van der Waals surface area contributed by atoms with Crippen LogP contribution >= 0.6 is 0 Å². The number of carbonyl (C=O) groups excluding carboxylic acids is 2. The SMILES string of the molecule is CN1CC(O)C[C@H]1C(=O)OC1CCN(C(=O)[C@H]2CC[C@H](Nc3nccc(-n4ccc5c(OCCCS(C)(=O)=O)cccc54)n3)CC2)CC1. The van der Waals surface area contributed by atoms with Crippen molar-refractivity contribution in [3.8, 4) is 11.6 Å². The molecule has 6 rings (SSSR count). The fraction of sp³-hybridized carbons (Fsp3) is 0.588. The van der Waals surface area contributed by atoms with Crippen molar-refractivity contribution in [2.45, 2.75) is 75.7 Å². The van der Waals surface area contributed by atoms with E-state index in [0.717, 1.165) is 36.6 Å². The molecule has 48 heavy (non-hydrogen) atoms. The average Bonchev–Trinajstić information content (AvgIpc) is 3.66. The largest absolute Gasteiger partial charge is 0.493 e. The number of hydrogen-bond acceptors (Lipinski definition) is 11. The molecule has 1 unspecified atom stereocenters. The van der Waals surface area contributed by atoms with Gasteiger partial charge in [-0.3, -0.25) is 14.5 Å². The number of aromatic nitrogens is 3. The fourth-order valence-electron chi connectivity index (χ4n) is 7.13. The van der Waals surface area contributed by atoms with E-state index >= 15 is 0 Å². The minimum absolute atomic E-state index is 0.0166. The van der Waals surface area contributed by atoms with Gasteiger partial charge in [-0.2, -0.15) is 4.98 Å². The third-order valence-corrected chi connectivity index (χ3v) is 10.8. The van der Waals surface area contributed by atoms with Gasteiger partial charge in [0, 0.05) is 74.9 Å². The van der Waals surface area contributed by atoms with Crippen molar-refractivity contribution in [2.24, 2.45) is 5.92 Å². The molecule has 14 heteroatoms. The van der Waals surface area contributed by atoms with Crippen LogP contribution in [0.1, 0.15) is 51.4 Å². The zero-order valence-corrected chi connectivity index (χ0v) is 28.5. The number of nitrogens with one attached hydrogen (secondary N) is 1. The Hall–Kier alpha value is -3.75. The molecule has 2 saturated heterocycles. The number of fused-ring (bicyclic) bond motifs is 1. The predicted octanol–water partition coefficient (Wildman–Crippen LogP) is 2.80. The number of ether oxygens (including phenoxy) is 2. The number of piperidine rings is 1. The number of likely N-dealkylation sites (tertiary alicyclic amines) is 2. The van der Waals surface area contributed by atoms with Gasteiger partial charge >= 0.3 is 5.97 Å². The summed E-state index contributed by atoms with van der Waals surface area (Å²) in [5, 5.41) is 14.2. The Morgan fingerprint density at radius 1 is 1.06 bits per heavy atom. The van der Waals surface area contributed by atoms with Gasteiger partial charge in [-0.15, -0.1) is 0 Å². The molecule has 2 aromatic heterocycles. The highest BCUT2D eigenvalue weighted by Crippen LogP contribution is 2.31. The minimum Gasteiger partial charge on any atom is -0.493 e. The lowest BCUT2D eigenvalue weighted by Gasteiger charge is -2.36. The molecule has 0 radical (unpaired) electrons. The predicted molar refractivity (Wildman–Crippen MR) is 181 cm³/mol. The summed E-state index contributed by atoms with van der Waals surface area (Å²) in [5.74, 6) is 1.92. The average molecular weight is 683 g/mol. The second-order valence-corrected chi connectivity index (χ2v) is 15.7. The van der Waals surface area contributed by atoms with Crippen LogP contribution in [-0.2, 0) is 24.2 Å². The van der Waals surface area contributed by atoms with E-state index in [-0.39, 0.29) is 35.7 Å². The summed E-state index contributed by atoms with van der Waals surface area (Å²) < 4.78 is 36.5. The third-order valence-electron chi connectivity index (χ3n) is 9.74. The topological polar surface area (TPSA) is 156 Å². The maximum atomic E-state index is 13.4. The summed E-state index contributed by atoms with van der Waals surface area (Å²) in [5.41, 5.74) is 0.919. The van der Waals surface area contributed by atoms with Gasteiger partial charge in [-0.25, -0.2) is 13.4 Å². The summed E-state index contributed by atoms with van der Waals surface area (Å²) in [6, 6.07) is 9.35. The van der Waals surface area contributed by atoms with Gasteiger partial charge in [0.1, 0.15) is 33.6 Å². The summed E-state index contributed by atoms with van der Waals surface area (Å²) in [6.45, 7) is 1.97. The number of likely N-dealkylation sites (N-methyl/N-ethyl adjacent to an activating group) is 1. The lowest BCUT2D eigenvalue weighted by molar-refractivity contribution is -0.157. The van der Waals surface area contributed by atoms with Crippen LogP contribution in [0.4, 0.5) is 5.95 Å². The summed E-state index contributed by atoms with van der Waals surface area (Å²) in [4.78, 5) is 39.0. The van der Waals surface area contributed by atoms with Gasteiger partial charge in [0.25, 0.3) is 0 Å². The van der Waals surface area contributed by atoms with Crippen molar-refractivity contribution < 1.29 is 32.6 Å². The van der Waals surface area contributed by atoms with Gasteiger partial charge in [0.15, 0.2) is 0 Å². The third kappa shape index (κ3) is 8.27. The number of nitrogens with zero attached hydrogens (tertiary/aromatic N) is 5. The molecule has 2 aliphatic heterocycles. The number of anilines is 1. The van der Waals surface area contributed by atoms with Crippen LogP contribution in [0.2, 0.25) is 0 Å². The van der Waals surface area contributed by atoms with Gasteiger partial charge in [0.05, 0.1) is 24.0 Å². The number of carbonyl (C=O) groups is 2. The normalized spacial score (nSPS) is 24.1. The molecule has 3 fully saturated rings. The lowest BCUT2D eigenvalue weighted by atomic mass is 9.85. The summed E-state index contributed by atoms with van der Waals surface area (Å²) in [6.07, 6.45) is 9.56.